The number of likely N-dealkylation sites (N-methyl/N-ethyl adjacent to an activating group) is 1. The first-order valence-corrected chi connectivity index (χ1v) is 11.3. The van der Waals surface area contributed by atoms with Crippen LogP contribution in [-0.4, -0.2) is 51.0 Å². The standard InChI is InChI=1S/C20H26N2O5S/c1-19(2)13-6-7-20(19,17(23)10-13)12-28(25,26)21-14-4-5-16-15(11-14)18(24)22(3)8-9-27-16/h4-5,11,13,21H,6-10,12H2,1-3H3/t13-,20+/m1/s1. The Labute approximate surface area is 165 Å². The van der Waals surface area contributed by atoms with Crippen LogP contribution < -0.4 is 9.46 Å². The molecule has 0 spiro atoms. The van der Waals surface area contributed by atoms with E-state index in [-0.39, 0.29) is 28.8 Å². The Kier molecular flexibility index (Phi) is 4.26. The van der Waals surface area contributed by atoms with Crippen LogP contribution >= 0.6 is 0 Å². The van der Waals surface area contributed by atoms with Gasteiger partial charge < -0.3 is 9.64 Å². The van der Waals surface area contributed by atoms with Crippen molar-refractivity contribution in [2.24, 2.45) is 16.7 Å². The van der Waals surface area contributed by atoms with Crippen LogP contribution in [0.1, 0.15) is 43.5 Å². The zero-order chi connectivity index (χ0) is 20.3. The van der Waals surface area contributed by atoms with Crippen LogP contribution in [0.5, 0.6) is 5.75 Å². The molecule has 0 radical (unpaired) electrons. The van der Waals surface area contributed by atoms with Gasteiger partial charge in [-0.05, 0) is 42.4 Å². The normalized spacial score (nSPS) is 28.7. The Bertz CT molecular complexity index is 955. The number of carbonyl (C=O) groups is 2. The van der Waals surface area contributed by atoms with Crippen molar-refractivity contribution in [2.45, 2.75) is 33.1 Å². The van der Waals surface area contributed by atoms with E-state index in [0.717, 1.165) is 6.42 Å². The third kappa shape index (κ3) is 2.80. The van der Waals surface area contributed by atoms with Gasteiger partial charge in [0.25, 0.3) is 5.91 Å². The number of fused-ring (bicyclic) bond motifs is 3. The fourth-order valence-corrected chi connectivity index (χ4v) is 7.02. The Morgan fingerprint density at radius 3 is 2.68 bits per heavy atom. The van der Waals surface area contributed by atoms with Gasteiger partial charge in [-0.1, -0.05) is 13.8 Å². The maximum absolute atomic E-state index is 13.0. The van der Waals surface area contributed by atoms with E-state index >= 15 is 0 Å². The van der Waals surface area contributed by atoms with Gasteiger partial charge in [-0.15, -0.1) is 0 Å². The molecule has 2 atom stereocenters. The molecule has 28 heavy (non-hydrogen) atoms. The predicted molar refractivity (Wildman–Crippen MR) is 105 cm³/mol. The van der Waals surface area contributed by atoms with Gasteiger partial charge in [0.2, 0.25) is 10.0 Å². The average molecular weight is 407 g/mol. The Hall–Kier alpha value is -2.09. The van der Waals surface area contributed by atoms with E-state index in [9.17, 15) is 18.0 Å². The van der Waals surface area contributed by atoms with E-state index in [0.29, 0.717) is 43.0 Å². The molecular formula is C20H26N2O5S. The zero-order valence-corrected chi connectivity index (χ0v) is 17.3. The number of nitrogens with one attached hydrogen (secondary N) is 1. The van der Waals surface area contributed by atoms with Crippen molar-refractivity contribution in [2.75, 3.05) is 30.7 Å². The van der Waals surface area contributed by atoms with Gasteiger partial charge >= 0.3 is 0 Å². The lowest BCUT2D eigenvalue weighted by atomic mass is 9.70. The van der Waals surface area contributed by atoms with Gasteiger partial charge in [0.1, 0.15) is 18.1 Å². The molecule has 2 fully saturated rings. The number of carbonyl (C=O) groups excluding carboxylic acids is 2. The second-order valence-corrected chi connectivity index (χ2v) is 10.5. The van der Waals surface area contributed by atoms with Crippen molar-refractivity contribution in [1.82, 2.24) is 4.90 Å². The van der Waals surface area contributed by atoms with Crippen LogP contribution in [-0.2, 0) is 14.8 Å². The van der Waals surface area contributed by atoms with E-state index < -0.39 is 15.4 Å². The number of rotatable bonds is 4. The van der Waals surface area contributed by atoms with Gasteiger partial charge in [0, 0.05) is 19.2 Å². The van der Waals surface area contributed by atoms with Gasteiger partial charge in [-0.2, -0.15) is 0 Å². The summed E-state index contributed by atoms with van der Waals surface area (Å²) >= 11 is 0. The van der Waals surface area contributed by atoms with E-state index in [1.165, 1.54) is 6.07 Å². The highest BCUT2D eigenvalue weighted by molar-refractivity contribution is 7.92. The molecule has 2 aliphatic carbocycles. The fraction of sp³-hybridized carbons (Fsp3) is 0.600. The third-order valence-corrected chi connectivity index (χ3v) is 8.51. The minimum Gasteiger partial charge on any atom is -0.491 e. The second-order valence-electron chi connectivity index (χ2n) is 8.81. The van der Waals surface area contributed by atoms with Crippen LogP contribution in [0.2, 0.25) is 0 Å². The van der Waals surface area contributed by atoms with Gasteiger partial charge in [-0.3, -0.25) is 14.3 Å². The molecule has 4 rings (SSSR count). The molecule has 2 saturated carbocycles. The van der Waals surface area contributed by atoms with Crippen LogP contribution in [0.4, 0.5) is 5.69 Å². The highest BCUT2D eigenvalue weighted by Gasteiger charge is 2.65. The largest absolute Gasteiger partial charge is 0.491 e. The zero-order valence-electron chi connectivity index (χ0n) is 16.4. The molecule has 0 aromatic heterocycles. The number of hydrogen-bond donors (Lipinski definition) is 1. The number of sulfonamides is 1. The number of amides is 1. The lowest BCUT2D eigenvalue weighted by Gasteiger charge is -2.36. The van der Waals surface area contributed by atoms with E-state index in [4.69, 9.17) is 4.74 Å². The Balaban J connectivity index is 1.60. The van der Waals surface area contributed by atoms with Gasteiger partial charge in [-0.25, -0.2) is 8.42 Å². The quantitative estimate of drug-likeness (QED) is 0.828. The maximum atomic E-state index is 13.0. The monoisotopic (exact) mass is 406 g/mol. The molecule has 152 valence electrons. The summed E-state index contributed by atoms with van der Waals surface area (Å²) in [4.78, 5) is 26.7. The molecule has 2 bridgehead atoms. The van der Waals surface area contributed by atoms with Gasteiger partial charge in [0.15, 0.2) is 0 Å². The van der Waals surface area contributed by atoms with Crippen LogP contribution in [0.25, 0.3) is 0 Å². The van der Waals surface area contributed by atoms with E-state index in [2.05, 4.69) is 4.72 Å². The number of nitrogens with zero attached hydrogens (tertiary/aromatic N) is 1. The molecule has 1 aromatic rings. The summed E-state index contributed by atoms with van der Waals surface area (Å²) in [6.07, 6.45) is 1.98. The molecule has 1 aliphatic heterocycles. The molecule has 1 N–H and O–H groups in total. The Morgan fingerprint density at radius 2 is 2.04 bits per heavy atom. The van der Waals surface area contributed by atoms with Crippen molar-refractivity contribution < 1.29 is 22.7 Å². The minimum absolute atomic E-state index is 0.0613. The van der Waals surface area contributed by atoms with Crippen molar-refractivity contribution in [3.8, 4) is 5.75 Å². The highest BCUT2D eigenvalue weighted by Crippen LogP contribution is 2.64. The summed E-state index contributed by atoms with van der Waals surface area (Å²) in [5.74, 6) is 0.336. The highest BCUT2D eigenvalue weighted by atomic mass is 32.2. The molecule has 1 aromatic carbocycles. The smallest absolute Gasteiger partial charge is 0.257 e. The predicted octanol–water partition coefficient (Wildman–Crippen LogP) is 2.29. The number of ketones is 1. The number of anilines is 1. The van der Waals surface area contributed by atoms with E-state index in [1.807, 2.05) is 13.8 Å². The summed E-state index contributed by atoms with van der Waals surface area (Å²) in [5, 5.41) is 0. The maximum Gasteiger partial charge on any atom is 0.257 e. The first kappa shape index (κ1) is 19.2. The van der Waals surface area contributed by atoms with Crippen molar-refractivity contribution in [3.63, 3.8) is 0 Å². The molecule has 1 amide bonds. The molecule has 1 heterocycles. The lowest BCUT2D eigenvalue weighted by molar-refractivity contribution is -0.128. The topological polar surface area (TPSA) is 92.8 Å². The minimum atomic E-state index is -3.77. The first-order chi connectivity index (χ1) is 13.1. The second kappa shape index (κ2) is 6.20. The molecule has 0 saturated heterocycles. The molecule has 7 nitrogen and oxygen atoms in total. The van der Waals surface area contributed by atoms with E-state index in [1.54, 1.807) is 24.1 Å². The summed E-state index contributed by atoms with van der Waals surface area (Å²) in [6.45, 7) is 4.88. The summed E-state index contributed by atoms with van der Waals surface area (Å²) in [5.41, 5.74) is -0.509. The summed E-state index contributed by atoms with van der Waals surface area (Å²) < 4.78 is 34.1. The summed E-state index contributed by atoms with van der Waals surface area (Å²) in [7, 11) is -2.09. The van der Waals surface area contributed by atoms with Crippen LogP contribution in [0.3, 0.4) is 0 Å². The Morgan fingerprint density at radius 1 is 1.29 bits per heavy atom. The molecule has 3 aliphatic rings. The van der Waals surface area contributed by atoms with Gasteiger partial charge in [0.05, 0.1) is 23.3 Å². The molecular weight excluding hydrogens is 380 g/mol. The van der Waals surface area contributed by atoms with Crippen molar-refractivity contribution >= 4 is 27.4 Å². The number of Topliss-reactive ketones (excluding diaryl/α,β-unsaturated/α-hetero) is 1. The number of benzene rings is 1. The molecule has 8 heteroatoms. The third-order valence-electron chi connectivity index (χ3n) is 7.09. The molecule has 0 unspecified atom stereocenters. The van der Waals surface area contributed by atoms with Crippen molar-refractivity contribution in [1.29, 1.82) is 0 Å². The summed E-state index contributed by atoms with van der Waals surface area (Å²) in [6, 6.07) is 4.71. The average Bonchev–Trinajstić information content (AvgIpc) is 2.87. The SMILES string of the molecule is CN1CCOc2ccc(NS(=O)(=O)C[C@@]34CC[C@H](CC3=O)C4(C)C)cc2C1=O. The number of hydrogen-bond acceptors (Lipinski definition) is 5. The van der Waals surface area contributed by atoms with Crippen LogP contribution in [0.15, 0.2) is 18.2 Å². The van der Waals surface area contributed by atoms with Crippen LogP contribution in [0, 0.1) is 16.7 Å². The number of ether oxygens (including phenoxy) is 1. The van der Waals surface area contributed by atoms with Crippen molar-refractivity contribution in [3.05, 3.63) is 23.8 Å². The fourth-order valence-electron chi connectivity index (χ4n) is 5.13. The first-order valence-electron chi connectivity index (χ1n) is 9.62. The lowest BCUT2D eigenvalue weighted by Crippen LogP contribution is -2.43.